The Bertz CT molecular complexity index is 457. The van der Waals surface area contributed by atoms with E-state index in [4.69, 9.17) is 0 Å². The van der Waals surface area contributed by atoms with Gasteiger partial charge in [-0.2, -0.15) is 5.10 Å². The topological polar surface area (TPSA) is 28.0 Å². The van der Waals surface area contributed by atoms with Crippen molar-refractivity contribution in [1.29, 1.82) is 0 Å². The number of amidine groups is 1. The highest BCUT2D eigenvalue weighted by molar-refractivity contribution is 6.05. The average Bonchev–Trinajstić information content (AvgIpc) is 2.29. The Balaban J connectivity index is 2.20. The maximum absolute atomic E-state index is 4.43. The summed E-state index contributed by atoms with van der Waals surface area (Å²) in [6, 6.07) is 8.22. The molecule has 2 aliphatic rings. The van der Waals surface area contributed by atoms with Gasteiger partial charge in [-0.15, -0.1) is 0 Å². The van der Waals surface area contributed by atoms with Gasteiger partial charge in [-0.05, 0) is 11.6 Å². The highest BCUT2D eigenvalue weighted by Gasteiger charge is 2.18. The fourth-order valence-electron chi connectivity index (χ4n) is 1.69. The molecule has 0 saturated carbocycles. The fraction of sp³-hybridized carbons (Fsp3) is 0.0909. The van der Waals surface area contributed by atoms with E-state index in [2.05, 4.69) is 28.3 Å². The zero-order chi connectivity index (χ0) is 9.38. The van der Waals surface area contributed by atoms with E-state index in [-0.39, 0.29) is 0 Å². The van der Waals surface area contributed by atoms with E-state index < -0.39 is 0 Å². The van der Waals surface area contributed by atoms with Crippen molar-refractivity contribution in [2.45, 2.75) is 0 Å². The quantitative estimate of drug-likeness (QED) is 0.601. The molecule has 3 nitrogen and oxygen atoms in total. The third kappa shape index (κ3) is 0.988. The van der Waals surface area contributed by atoms with Crippen LogP contribution in [0.1, 0.15) is 11.1 Å². The zero-order valence-electron chi connectivity index (χ0n) is 7.59. The van der Waals surface area contributed by atoms with E-state index in [0.717, 1.165) is 11.4 Å². The van der Waals surface area contributed by atoms with Crippen LogP contribution in [0.4, 0.5) is 0 Å². The van der Waals surface area contributed by atoms with Crippen LogP contribution in [-0.4, -0.2) is 23.6 Å². The molecule has 0 N–H and O–H groups in total. The van der Waals surface area contributed by atoms with Gasteiger partial charge in [0.2, 0.25) is 0 Å². The van der Waals surface area contributed by atoms with Crippen LogP contribution in [0.15, 0.2) is 40.6 Å². The summed E-state index contributed by atoms with van der Waals surface area (Å²) in [7, 11) is 0. The number of rotatable bonds is 0. The van der Waals surface area contributed by atoms with Crippen LogP contribution in [0.2, 0.25) is 0 Å². The van der Waals surface area contributed by atoms with Crippen LogP contribution in [0.25, 0.3) is 6.08 Å². The van der Waals surface area contributed by atoms with Crippen molar-refractivity contribution in [3.8, 4) is 0 Å². The van der Waals surface area contributed by atoms with Gasteiger partial charge in [0.15, 0.2) is 5.84 Å². The molecule has 0 atom stereocenters. The first-order valence-corrected chi connectivity index (χ1v) is 4.59. The summed E-state index contributed by atoms with van der Waals surface area (Å²) >= 11 is 0. The highest BCUT2D eigenvalue weighted by Crippen LogP contribution is 2.21. The molecule has 2 heterocycles. The number of fused-ring (bicyclic) bond motifs is 3. The lowest BCUT2D eigenvalue weighted by Crippen LogP contribution is -2.28. The van der Waals surface area contributed by atoms with Crippen molar-refractivity contribution in [1.82, 2.24) is 5.01 Å². The van der Waals surface area contributed by atoms with Crippen molar-refractivity contribution in [3.05, 3.63) is 41.6 Å². The van der Waals surface area contributed by atoms with Gasteiger partial charge in [0.05, 0.1) is 6.54 Å². The third-order valence-electron chi connectivity index (χ3n) is 2.34. The first-order valence-electron chi connectivity index (χ1n) is 4.59. The second-order valence-electron chi connectivity index (χ2n) is 3.21. The predicted molar refractivity (Wildman–Crippen MR) is 57.2 cm³/mol. The lowest BCUT2D eigenvalue weighted by molar-refractivity contribution is 0.594. The number of benzene rings is 1. The van der Waals surface area contributed by atoms with Gasteiger partial charge in [0.1, 0.15) is 0 Å². The normalized spacial score (nSPS) is 17.4. The smallest absolute Gasteiger partial charge is 0.156 e. The molecular formula is C11H9N3. The summed E-state index contributed by atoms with van der Waals surface area (Å²) in [5.41, 5.74) is 2.37. The van der Waals surface area contributed by atoms with Gasteiger partial charge in [-0.1, -0.05) is 24.3 Å². The molecule has 0 bridgehead atoms. The molecule has 1 aromatic rings. The van der Waals surface area contributed by atoms with E-state index in [0.29, 0.717) is 6.54 Å². The number of hydrogen-bond donors (Lipinski definition) is 0. The molecule has 2 aliphatic heterocycles. The zero-order valence-corrected chi connectivity index (χ0v) is 7.59. The molecule has 3 rings (SSSR count). The van der Waals surface area contributed by atoms with Gasteiger partial charge in [-0.3, -0.25) is 4.99 Å². The van der Waals surface area contributed by atoms with E-state index in [1.807, 2.05) is 29.6 Å². The van der Waals surface area contributed by atoms with Crippen LogP contribution in [-0.2, 0) is 0 Å². The highest BCUT2D eigenvalue weighted by atomic mass is 15.5. The summed E-state index contributed by atoms with van der Waals surface area (Å²) in [5, 5.41) is 6.05. The summed E-state index contributed by atoms with van der Waals surface area (Å²) < 4.78 is 0. The van der Waals surface area contributed by atoms with E-state index in [9.17, 15) is 0 Å². The summed E-state index contributed by atoms with van der Waals surface area (Å²) in [6.07, 6.45) is 5.80. The van der Waals surface area contributed by atoms with Crippen LogP contribution < -0.4 is 0 Å². The minimum Gasteiger partial charge on any atom is -0.260 e. The van der Waals surface area contributed by atoms with E-state index >= 15 is 0 Å². The minimum atomic E-state index is 0.675. The van der Waals surface area contributed by atoms with Crippen LogP contribution in [0, 0.1) is 0 Å². The number of aliphatic imine (C=N–C) groups is 1. The van der Waals surface area contributed by atoms with Crippen molar-refractivity contribution in [2.24, 2.45) is 10.1 Å². The molecule has 0 unspecified atom stereocenters. The number of hydrazone groups is 1. The molecule has 0 amide bonds. The Morgan fingerprint density at radius 1 is 1.21 bits per heavy atom. The van der Waals surface area contributed by atoms with Gasteiger partial charge in [0, 0.05) is 18.0 Å². The van der Waals surface area contributed by atoms with Crippen molar-refractivity contribution < 1.29 is 0 Å². The monoisotopic (exact) mass is 183 g/mol. The summed E-state index contributed by atoms with van der Waals surface area (Å²) in [4.78, 5) is 4.43. The maximum Gasteiger partial charge on any atom is 0.156 e. The standard InChI is InChI=1S/C11H9N3/c1-2-4-10-9(3-1)5-8-14-11(10)12-6-7-13-14/h1-5,7-8H,6H2. The molecule has 0 saturated heterocycles. The molecular weight excluding hydrogens is 174 g/mol. The van der Waals surface area contributed by atoms with Crippen LogP contribution in [0.3, 0.4) is 0 Å². The average molecular weight is 183 g/mol. The van der Waals surface area contributed by atoms with E-state index in [1.54, 1.807) is 0 Å². The molecule has 14 heavy (non-hydrogen) atoms. The third-order valence-corrected chi connectivity index (χ3v) is 2.34. The SMILES string of the molecule is C1=CN2N=CCN=C2c2ccccc21. The minimum absolute atomic E-state index is 0.675. The Kier molecular flexibility index (Phi) is 1.50. The van der Waals surface area contributed by atoms with Crippen molar-refractivity contribution >= 4 is 18.1 Å². The molecule has 0 fully saturated rings. The Labute approximate surface area is 82.1 Å². The van der Waals surface area contributed by atoms with Gasteiger partial charge in [0.25, 0.3) is 0 Å². The van der Waals surface area contributed by atoms with Gasteiger partial charge in [-0.25, -0.2) is 5.01 Å². The van der Waals surface area contributed by atoms with Gasteiger partial charge < -0.3 is 0 Å². The molecule has 3 heteroatoms. The predicted octanol–water partition coefficient (Wildman–Crippen LogP) is 1.72. The largest absolute Gasteiger partial charge is 0.260 e. The van der Waals surface area contributed by atoms with Crippen LogP contribution >= 0.6 is 0 Å². The molecule has 1 aromatic carbocycles. The fourth-order valence-corrected chi connectivity index (χ4v) is 1.69. The second kappa shape index (κ2) is 2.80. The van der Waals surface area contributed by atoms with Crippen molar-refractivity contribution in [2.75, 3.05) is 6.54 Å². The van der Waals surface area contributed by atoms with E-state index in [1.165, 1.54) is 5.56 Å². The summed E-state index contributed by atoms with van der Waals surface area (Å²) in [6.45, 7) is 0.675. The molecule has 0 spiro atoms. The van der Waals surface area contributed by atoms with Crippen molar-refractivity contribution in [3.63, 3.8) is 0 Å². The Morgan fingerprint density at radius 3 is 3.14 bits per heavy atom. The Morgan fingerprint density at radius 2 is 2.14 bits per heavy atom. The maximum atomic E-state index is 4.43. The van der Waals surface area contributed by atoms with Gasteiger partial charge >= 0.3 is 0 Å². The number of hydrogen-bond acceptors (Lipinski definition) is 3. The summed E-state index contributed by atoms with van der Waals surface area (Å²) in [5.74, 6) is 0.950. The molecule has 0 radical (unpaired) electrons. The number of nitrogens with zero attached hydrogens (tertiary/aromatic N) is 3. The van der Waals surface area contributed by atoms with Crippen LogP contribution in [0.5, 0.6) is 0 Å². The lowest BCUT2D eigenvalue weighted by atomic mass is 10.0. The Hall–Kier alpha value is -1.90. The second-order valence-corrected chi connectivity index (χ2v) is 3.21. The molecule has 0 aliphatic carbocycles. The first-order chi connectivity index (χ1) is 6.95. The molecule has 0 aromatic heterocycles. The molecule has 68 valence electrons. The lowest BCUT2D eigenvalue weighted by Gasteiger charge is -2.24. The first kappa shape index (κ1) is 7.50.